The highest BCUT2D eigenvalue weighted by atomic mass is 35.5. The molecule has 0 aliphatic carbocycles. The van der Waals surface area contributed by atoms with Crippen molar-refractivity contribution >= 4 is 39.1 Å². The summed E-state index contributed by atoms with van der Waals surface area (Å²) in [6.07, 6.45) is 0. The normalized spacial score (nSPS) is 10.9. The molecule has 0 aliphatic heterocycles. The van der Waals surface area contributed by atoms with Gasteiger partial charge in [0.15, 0.2) is 0 Å². The Kier molecular flexibility index (Phi) is 6.39. The summed E-state index contributed by atoms with van der Waals surface area (Å²) in [5.74, 6) is -1.20. The zero-order valence-corrected chi connectivity index (χ0v) is 17.4. The number of sulfonamides is 1. The monoisotopic (exact) mass is 443 g/mol. The van der Waals surface area contributed by atoms with Gasteiger partial charge in [-0.2, -0.15) is 0 Å². The Labute approximate surface area is 179 Å². The van der Waals surface area contributed by atoms with Gasteiger partial charge in [0.05, 0.1) is 4.90 Å². The van der Waals surface area contributed by atoms with E-state index in [1.165, 1.54) is 36.4 Å². The second-order valence-corrected chi connectivity index (χ2v) is 8.53. The maximum Gasteiger partial charge on any atom is 0.269 e. The van der Waals surface area contributed by atoms with E-state index in [4.69, 9.17) is 11.6 Å². The molecule has 0 heterocycles. The molecule has 0 atom stereocenters. The van der Waals surface area contributed by atoms with E-state index in [9.17, 15) is 18.0 Å². The van der Waals surface area contributed by atoms with Crippen molar-refractivity contribution < 1.29 is 18.0 Å². The number of halogens is 1. The third kappa shape index (κ3) is 5.37. The van der Waals surface area contributed by atoms with Gasteiger partial charge in [0, 0.05) is 21.8 Å². The summed E-state index contributed by atoms with van der Waals surface area (Å²) in [6.45, 7) is 1.89. The van der Waals surface area contributed by atoms with Gasteiger partial charge < -0.3 is 0 Å². The Morgan fingerprint density at radius 3 is 2.03 bits per heavy atom. The van der Waals surface area contributed by atoms with E-state index in [1.807, 2.05) is 6.92 Å². The fraction of sp³-hybridized carbons (Fsp3) is 0.0476. The number of rotatable bonds is 5. The van der Waals surface area contributed by atoms with Crippen molar-refractivity contribution in [1.82, 2.24) is 10.9 Å². The quantitative estimate of drug-likeness (QED) is 0.524. The Morgan fingerprint density at radius 1 is 0.800 bits per heavy atom. The number of amides is 2. The van der Waals surface area contributed by atoms with Gasteiger partial charge in [0.25, 0.3) is 21.8 Å². The van der Waals surface area contributed by atoms with E-state index >= 15 is 0 Å². The molecule has 3 N–H and O–H groups in total. The summed E-state index contributed by atoms with van der Waals surface area (Å²) in [7, 11) is -3.89. The van der Waals surface area contributed by atoms with Crippen molar-refractivity contribution in [3.63, 3.8) is 0 Å². The summed E-state index contributed by atoms with van der Waals surface area (Å²) >= 11 is 5.78. The van der Waals surface area contributed by atoms with Crippen molar-refractivity contribution in [1.29, 1.82) is 0 Å². The topological polar surface area (TPSA) is 104 Å². The van der Waals surface area contributed by atoms with E-state index < -0.39 is 21.8 Å². The first-order valence-electron chi connectivity index (χ1n) is 8.80. The van der Waals surface area contributed by atoms with Crippen molar-refractivity contribution in [2.75, 3.05) is 4.72 Å². The minimum Gasteiger partial charge on any atom is -0.280 e. The van der Waals surface area contributed by atoms with E-state index in [-0.39, 0.29) is 10.5 Å². The van der Waals surface area contributed by atoms with Crippen LogP contribution in [0, 0.1) is 6.92 Å². The molecule has 0 bridgehead atoms. The molecule has 154 valence electrons. The Hall–Kier alpha value is -3.36. The first-order chi connectivity index (χ1) is 14.2. The van der Waals surface area contributed by atoms with Crippen LogP contribution in [0.15, 0.2) is 77.7 Å². The van der Waals surface area contributed by atoms with Crippen molar-refractivity contribution in [3.8, 4) is 0 Å². The molecule has 30 heavy (non-hydrogen) atoms. The third-order valence-corrected chi connectivity index (χ3v) is 5.74. The van der Waals surface area contributed by atoms with Gasteiger partial charge in [-0.25, -0.2) is 8.42 Å². The lowest BCUT2D eigenvalue weighted by molar-refractivity contribution is 0.0846. The maximum atomic E-state index is 12.6. The molecule has 0 radical (unpaired) electrons. The Bertz CT molecular complexity index is 1180. The third-order valence-electron chi connectivity index (χ3n) is 4.11. The van der Waals surface area contributed by atoms with Crippen LogP contribution in [0.4, 0.5) is 5.69 Å². The second kappa shape index (κ2) is 8.98. The number of aryl methyl sites for hydroxylation is 1. The zero-order chi connectivity index (χ0) is 21.7. The Balaban J connectivity index is 1.69. The van der Waals surface area contributed by atoms with Crippen molar-refractivity contribution in [2.24, 2.45) is 0 Å². The van der Waals surface area contributed by atoms with Gasteiger partial charge in [-0.05, 0) is 61.5 Å². The lowest BCUT2D eigenvalue weighted by Crippen LogP contribution is -2.41. The number of hydrogen-bond acceptors (Lipinski definition) is 4. The van der Waals surface area contributed by atoms with Crippen LogP contribution in [0.5, 0.6) is 0 Å². The molecule has 7 nitrogen and oxygen atoms in total. The molecule has 3 aromatic carbocycles. The summed E-state index contributed by atoms with van der Waals surface area (Å²) in [5.41, 5.74) is 6.31. The van der Waals surface area contributed by atoms with Crippen LogP contribution in [0.1, 0.15) is 26.3 Å². The summed E-state index contributed by atoms with van der Waals surface area (Å²) in [4.78, 5) is 24.3. The molecule has 0 spiro atoms. The number of carbonyl (C=O) groups is 2. The number of benzene rings is 3. The number of hydrazine groups is 1. The molecule has 0 saturated carbocycles. The van der Waals surface area contributed by atoms with Crippen LogP contribution in [0.25, 0.3) is 0 Å². The molecular formula is C21H18ClN3O4S. The van der Waals surface area contributed by atoms with Gasteiger partial charge in [0.1, 0.15) is 0 Å². The van der Waals surface area contributed by atoms with Crippen LogP contribution < -0.4 is 15.6 Å². The van der Waals surface area contributed by atoms with Crippen molar-refractivity contribution in [2.45, 2.75) is 11.8 Å². The lowest BCUT2D eigenvalue weighted by atomic mass is 10.2. The highest BCUT2D eigenvalue weighted by Gasteiger charge is 2.17. The zero-order valence-electron chi connectivity index (χ0n) is 15.8. The fourth-order valence-corrected chi connectivity index (χ4v) is 3.73. The average Bonchev–Trinajstić information content (AvgIpc) is 2.74. The highest BCUT2D eigenvalue weighted by molar-refractivity contribution is 7.92. The van der Waals surface area contributed by atoms with Crippen LogP contribution in [0.2, 0.25) is 5.02 Å². The van der Waals surface area contributed by atoms with E-state index in [2.05, 4.69) is 15.6 Å². The molecule has 0 fully saturated rings. The van der Waals surface area contributed by atoms with Crippen LogP contribution in [-0.2, 0) is 10.0 Å². The van der Waals surface area contributed by atoms with E-state index in [1.54, 1.807) is 36.4 Å². The molecule has 3 rings (SSSR count). The largest absolute Gasteiger partial charge is 0.280 e. The van der Waals surface area contributed by atoms with E-state index in [0.717, 1.165) is 5.56 Å². The highest BCUT2D eigenvalue weighted by Crippen LogP contribution is 2.17. The standard InChI is InChI=1S/C21H18ClN3O4S/c1-14-5-11-18(12-6-14)25-30(28,29)19-4-2-3-16(13-19)21(27)24-23-20(26)15-7-9-17(22)10-8-15/h2-13,25H,1H3,(H,23,26)(H,24,27). The predicted octanol–water partition coefficient (Wildman–Crippen LogP) is 3.52. The fourth-order valence-electron chi connectivity index (χ4n) is 2.50. The van der Waals surface area contributed by atoms with Crippen LogP contribution >= 0.6 is 11.6 Å². The van der Waals surface area contributed by atoms with Gasteiger partial charge in [-0.1, -0.05) is 35.4 Å². The van der Waals surface area contributed by atoms with Gasteiger partial charge in [-0.3, -0.25) is 25.2 Å². The minimum absolute atomic E-state index is 0.0678. The number of anilines is 1. The van der Waals surface area contributed by atoms with Gasteiger partial charge >= 0.3 is 0 Å². The summed E-state index contributed by atoms with van der Waals surface area (Å²) in [5, 5.41) is 0.479. The lowest BCUT2D eigenvalue weighted by Gasteiger charge is -2.11. The molecule has 2 amide bonds. The smallest absolute Gasteiger partial charge is 0.269 e. The first-order valence-corrected chi connectivity index (χ1v) is 10.7. The second-order valence-electron chi connectivity index (χ2n) is 6.41. The molecule has 9 heteroatoms. The number of carbonyl (C=O) groups excluding carboxylic acids is 2. The number of hydrogen-bond donors (Lipinski definition) is 3. The van der Waals surface area contributed by atoms with Crippen LogP contribution in [-0.4, -0.2) is 20.2 Å². The first kappa shape index (κ1) is 21.4. The van der Waals surface area contributed by atoms with Gasteiger partial charge in [0.2, 0.25) is 0 Å². The minimum atomic E-state index is -3.89. The van der Waals surface area contributed by atoms with Crippen LogP contribution in [0.3, 0.4) is 0 Å². The average molecular weight is 444 g/mol. The Morgan fingerprint density at radius 2 is 1.40 bits per heavy atom. The summed E-state index contributed by atoms with van der Waals surface area (Å²) < 4.78 is 27.7. The molecule has 0 unspecified atom stereocenters. The molecule has 0 saturated heterocycles. The number of nitrogens with one attached hydrogen (secondary N) is 3. The van der Waals surface area contributed by atoms with Gasteiger partial charge in [-0.15, -0.1) is 0 Å². The van der Waals surface area contributed by atoms with E-state index in [0.29, 0.717) is 16.3 Å². The molecular weight excluding hydrogens is 426 g/mol. The van der Waals surface area contributed by atoms with Crippen molar-refractivity contribution in [3.05, 3.63) is 94.5 Å². The summed E-state index contributed by atoms with van der Waals surface area (Å²) in [6, 6.07) is 18.5. The molecule has 3 aromatic rings. The SMILES string of the molecule is Cc1ccc(NS(=O)(=O)c2cccc(C(=O)NNC(=O)c3ccc(Cl)cc3)c2)cc1. The molecule has 0 aliphatic rings. The molecule has 0 aromatic heterocycles. The maximum absolute atomic E-state index is 12.6. The predicted molar refractivity (Wildman–Crippen MR) is 115 cm³/mol.